The van der Waals surface area contributed by atoms with Crippen LogP contribution in [0.15, 0.2) is 42.5 Å². The summed E-state index contributed by atoms with van der Waals surface area (Å²) in [6, 6.07) is 14.2. The Hall–Kier alpha value is -3.79. The van der Waals surface area contributed by atoms with Crippen molar-refractivity contribution in [1.82, 2.24) is 14.7 Å². The van der Waals surface area contributed by atoms with E-state index in [0.717, 1.165) is 16.8 Å². The fourth-order valence-corrected chi connectivity index (χ4v) is 3.15. The van der Waals surface area contributed by atoms with Gasteiger partial charge >= 0.3 is 0 Å². The van der Waals surface area contributed by atoms with E-state index in [0.29, 0.717) is 30.0 Å². The summed E-state index contributed by atoms with van der Waals surface area (Å²) >= 11 is 0. The molecule has 7 nitrogen and oxygen atoms in total. The van der Waals surface area contributed by atoms with Gasteiger partial charge in [-0.1, -0.05) is 18.2 Å². The Bertz CT molecular complexity index is 1090. The van der Waals surface area contributed by atoms with Crippen LogP contribution in [0.1, 0.15) is 34.1 Å². The third-order valence-corrected chi connectivity index (χ3v) is 4.99. The van der Waals surface area contributed by atoms with Gasteiger partial charge in [-0.15, -0.1) is 0 Å². The number of rotatable bonds is 5. The van der Waals surface area contributed by atoms with Gasteiger partial charge in [0, 0.05) is 30.4 Å². The lowest BCUT2D eigenvalue weighted by atomic mass is 10.0. The first kappa shape index (κ1) is 20.0. The molecule has 0 saturated carbocycles. The van der Waals surface area contributed by atoms with Crippen molar-refractivity contribution in [2.24, 2.45) is 0 Å². The second kappa shape index (κ2) is 8.07. The lowest BCUT2D eigenvalue weighted by molar-refractivity contribution is 0.0802. The number of anilines is 1. The van der Waals surface area contributed by atoms with Gasteiger partial charge in [0.1, 0.15) is 11.8 Å². The van der Waals surface area contributed by atoms with Gasteiger partial charge in [0.15, 0.2) is 5.82 Å². The van der Waals surface area contributed by atoms with Crippen LogP contribution in [0.5, 0.6) is 5.75 Å². The van der Waals surface area contributed by atoms with Crippen LogP contribution in [-0.2, 0) is 6.54 Å². The second-order valence-electron chi connectivity index (χ2n) is 6.86. The molecule has 0 aliphatic heterocycles. The maximum atomic E-state index is 12.2. The van der Waals surface area contributed by atoms with E-state index in [4.69, 9.17) is 11.0 Å². The van der Waals surface area contributed by atoms with Crippen LogP contribution in [0.25, 0.3) is 11.1 Å². The zero-order valence-corrected chi connectivity index (χ0v) is 16.7. The predicted molar refractivity (Wildman–Crippen MR) is 111 cm³/mol. The molecule has 1 aromatic heterocycles. The zero-order valence-electron chi connectivity index (χ0n) is 16.7. The number of nitrogens with zero attached hydrogens (tertiary/aromatic N) is 4. The number of phenols is 1. The molecule has 0 unspecified atom stereocenters. The topological polar surface area (TPSA) is 108 Å². The lowest BCUT2D eigenvalue weighted by Crippen LogP contribution is -2.26. The number of nitrogen functional groups attached to an aromatic ring is 1. The minimum atomic E-state index is -0.0890. The van der Waals surface area contributed by atoms with Gasteiger partial charge in [-0.25, -0.2) is 0 Å². The van der Waals surface area contributed by atoms with E-state index in [9.17, 15) is 9.90 Å². The fraction of sp³-hybridized carbons (Fsp3) is 0.227. The SMILES string of the molecule is CCN(C)C(=O)c1ccc(Cn2nc(N)c(-c3ccc(C#N)c(O)c3)c2C)cc1. The number of phenolic OH excluding ortho intramolecular Hbond substituents is 1. The first-order valence-corrected chi connectivity index (χ1v) is 9.26. The monoisotopic (exact) mass is 389 g/mol. The summed E-state index contributed by atoms with van der Waals surface area (Å²) in [7, 11) is 1.77. The van der Waals surface area contributed by atoms with E-state index < -0.39 is 0 Å². The van der Waals surface area contributed by atoms with E-state index in [1.807, 2.05) is 44.2 Å². The van der Waals surface area contributed by atoms with E-state index in [1.165, 1.54) is 6.07 Å². The molecule has 1 amide bonds. The van der Waals surface area contributed by atoms with Gasteiger partial charge in [-0.05, 0) is 49.2 Å². The van der Waals surface area contributed by atoms with Crippen LogP contribution in [0.2, 0.25) is 0 Å². The maximum absolute atomic E-state index is 12.2. The molecule has 29 heavy (non-hydrogen) atoms. The Morgan fingerprint density at radius 3 is 2.55 bits per heavy atom. The molecule has 0 atom stereocenters. The molecule has 3 rings (SSSR count). The number of carbonyl (C=O) groups excluding carboxylic acids is 1. The smallest absolute Gasteiger partial charge is 0.253 e. The van der Waals surface area contributed by atoms with Crippen LogP contribution >= 0.6 is 0 Å². The van der Waals surface area contributed by atoms with Crippen molar-refractivity contribution in [3.63, 3.8) is 0 Å². The summed E-state index contributed by atoms with van der Waals surface area (Å²) in [6.45, 7) is 4.99. The first-order chi connectivity index (χ1) is 13.8. The third-order valence-electron chi connectivity index (χ3n) is 4.99. The molecule has 0 saturated heterocycles. The van der Waals surface area contributed by atoms with Crippen LogP contribution in [0, 0.1) is 18.3 Å². The van der Waals surface area contributed by atoms with Crippen molar-refractivity contribution in [3.8, 4) is 22.9 Å². The van der Waals surface area contributed by atoms with Gasteiger partial charge in [0.25, 0.3) is 5.91 Å². The number of nitriles is 1. The maximum Gasteiger partial charge on any atom is 0.253 e. The van der Waals surface area contributed by atoms with Gasteiger partial charge < -0.3 is 15.7 Å². The summed E-state index contributed by atoms with van der Waals surface area (Å²) < 4.78 is 1.79. The minimum absolute atomic E-state index is 0.0125. The van der Waals surface area contributed by atoms with Crippen LogP contribution < -0.4 is 5.73 Å². The molecule has 2 aromatic carbocycles. The first-order valence-electron chi connectivity index (χ1n) is 9.26. The van der Waals surface area contributed by atoms with Crippen LogP contribution in [-0.4, -0.2) is 39.3 Å². The summed E-state index contributed by atoms with van der Waals surface area (Å²) in [5.74, 6) is 0.248. The average Bonchev–Trinajstić information content (AvgIpc) is 3.00. The summed E-state index contributed by atoms with van der Waals surface area (Å²) in [5, 5.41) is 23.4. The van der Waals surface area contributed by atoms with Crippen molar-refractivity contribution >= 4 is 11.7 Å². The molecule has 148 valence electrons. The number of nitrogens with two attached hydrogens (primary N) is 1. The highest BCUT2D eigenvalue weighted by Crippen LogP contribution is 2.32. The number of carbonyl (C=O) groups is 1. The van der Waals surface area contributed by atoms with E-state index in [-0.39, 0.29) is 17.2 Å². The minimum Gasteiger partial charge on any atom is -0.507 e. The Kier molecular flexibility index (Phi) is 5.55. The standard InChI is InChI=1S/C22H23N5O2/c1-4-26(3)22(29)16-7-5-15(6-8-16)13-27-14(2)20(21(24)25-27)17-9-10-18(12-23)19(28)11-17/h5-11,28H,4,13H2,1-3H3,(H2,24,25). The Morgan fingerprint density at radius 1 is 1.28 bits per heavy atom. The van der Waals surface area contributed by atoms with E-state index in [1.54, 1.807) is 28.8 Å². The largest absolute Gasteiger partial charge is 0.507 e. The molecule has 3 aromatic rings. The number of benzene rings is 2. The molecule has 0 aliphatic carbocycles. The molecule has 0 spiro atoms. The molecule has 0 aliphatic rings. The molecule has 1 heterocycles. The summed E-state index contributed by atoms with van der Waals surface area (Å²) in [6.07, 6.45) is 0. The Labute approximate surface area is 169 Å². The molecular formula is C22H23N5O2. The number of hydrogen-bond acceptors (Lipinski definition) is 5. The lowest BCUT2D eigenvalue weighted by Gasteiger charge is -2.14. The molecular weight excluding hydrogens is 366 g/mol. The van der Waals surface area contributed by atoms with Crippen LogP contribution in [0.4, 0.5) is 5.82 Å². The zero-order chi connectivity index (χ0) is 21.1. The van der Waals surface area contributed by atoms with Gasteiger partial charge in [-0.2, -0.15) is 10.4 Å². The number of hydrogen-bond donors (Lipinski definition) is 2. The molecule has 7 heteroatoms. The van der Waals surface area contributed by atoms with Gasteiger partial charge in [-0.3, -0.25) is 9.48 Å². The Morgan fingerprint density at radius 2 is 1.97 bits per heavy atom. The van der Waals surface area contributed by atoms with Crippen molar-refractivity contribution < 1.29 is 9.90 Å². The fourth-order valence-electron chi connectivity index (χ4n) is 3.15. The van der Waals surface area contributed by atoms with Gasteiger partial charge in [0.2, 0.25) is 0 Å². The number of amides is 1. The number of aromatic hydroxyl groups is 1. The highest BCUT2D eigenvalue weighted by Gasteiger charge is 2.16. The highest BCUT2D eigenvalue weighted by molar-refractivity contribution is 5.94. The van der Waals surface area contributed by atoms with Crippen molar-refractivity contribution in [2.75, 3.05) is 19.3 Å². The van der Waals surface area contributed by atoms with Crippen molar-refractivity contribution in [1.29, 1.82) is 5.26 Å². The molecule has 3 N–H and O–H groups in total. The van der Waals surface area contributed by atoms with E-state index in [2.05, 4.69) is 5.10 Å². The average molecular weight is 389 g/mol. The van der Waals surface area contributed by atoms with Crippen molar-refractivity contribution in [2.45, 2.75) is 20.4 Å². The van der Waals surface area contributed by atoms with E-state index >= 15 is 0 Å². The summed E-state index contributed by atoms with van der Waals surface area (Å²) in [5.41, 5.74) is 10.2. The second-order valence-corrected chi connectivity index (χ2v) is 6.86. The molecule has 0 fully saturated rings. The van der Waals surface area contributed by atoms with Crippen LogP contribution in [0.3, 0.4) is 0 Å². The molecule has 0 bridgehead atoms. The third kappa shape index (κ3) is 3.92. The summed E-state index contributed by atoms with van der Waals surface area (Å²) in [4.78, 5) is 13.9. The normalized spacial score (nSPS) is 10.6. The molecule has 0 radical (unpaired) electrons. The quantitative estimate of drug-likeness (QED) is 0.697. The van der Waals surface area contributed by atoms with Crippen molar-refractivity contribution in [3.05, 3.63) is 64.8 Å². The number of aromatic nitrogens is 2. The van der Waals surface area contributed by atoms with Gasteiger partial charge in [0.05, 0.1) is 12.1 Å². The highest BCUT2D eigenvalue weighted by atomic mass is 16.3. The Balaban J connectivity index is 1.87. The predicted octanol–water partition coefficient (Wildman–Crippen LogP) is 3.16.